The lowest BCUT2D eigenvalue weighted by atomic mass is 10.2. The molecule has 8 heteroatoms. The highest BCUT2D eigenvalue weighted by molar-refractivity contribution is 7.13. The van der Waals surface area contributed by atoms with E-state index in [2.05, 4.69) is 39.5 Å². The zero-order valence-corrected chi connectivity index (χ0v) is 14.1. The number of hydrogen-bond acceptors (Lipinski definition) is 8. The summed E-state index contributed by atoms with van der Waals surface area (Å²) in [5.41, 5.74) is 2.20. The van der Waals surface area contributed by atoms with Crippen LogP contribution in [0.4, 0.5) is 5.82 Å². The maximum Gasteiger partial charge on any atom is 0.137 e. The van der Waals surface area contributed by atoms with E-state index >= 15 is 0 Å². The van der Waals surface area contributed by atoms with Crippen molar-refractivity contribution in [2.45, 2.75) is 13.3 Å². The number of nitrogens with one attached hydrogen (secondary N) is 1. The van der Waals surface area contributed by atoms with Gasteiger partial charge in [-0.2, -0.15) is 4.91 Å². The van der Waals surface area contributed by atoms with Gasteiger partial charge in [-0.3, -0.25) is 4.98 Å². The Bertz CT molecular complexity index is 503. The number of anilines is 1. The Morgan fingerprint density at radius 1 is 1.36 bits per heavy atom. The van der Waals surface area contributed by atoms with Gasteiger partial charge < -0.3 is 15.2 Å². The van der Waals surface area contributed by atoms with Crippen molar-refractivity contribution in [3.05, 3.63) is 34.3 Å². The molecule has 2 rings (SSSR count). The van der Waals surface area contributed by atoms with Crippen molar-refractivity contribution < 1.29 is 9.90 Å². The normalized spacial score (nSPS) is 8.05. The molecule has 0 saturated heterocycles. The fraction of sp³-hybridized carbons (Fsp3) is 0.357. The van der Waals surface area contributed by atoms with E-state index in [1.807, 2.05) is 25.4 Å². The summed E-state index contributed by atoms with van der Waals surface area (Å²) in [6.07, 6.45) is 2.86. The van der Waals surface area contributed by atoms with E-state index < -0.39 is 0 Å². The molecule has 7 nitrogen and oxygen atoms in total. The number of carbonyl (C=O) groups is 1. The molecule has 0 aliphatic carbocycles. The van der Waals surface area contributed by atoms with Crippen molar-refractivity contribution in [2.24, 2.45) is 5.18 Å². The van der Waals surface area contributed by atoms with Gasteiger partial charge >= 0.3 is 0 Å². The molecule has 122 valence electrons. The summed E-state index contributed by atoms with van der Waals surface area (Å²) in [5, 5.41) is 15.3. The molecule has 0 aromatic carbocycles. The van der Waals surface area contributed by atoms with Gasteiger partial charge in [0, 0.05) is 37.0 Å². The van der Waals surface area contributed by atoms with E-state index in [4.69, 9.17) is 14.8 Å². The number of nitroso groups, excluding NO2 is 1. The lowest BCUT2D eigenvalue weighted by Gasteiger charge is -1.97. The summed E-state index contributed by atoms with van der Waals surface area (Å²) in [5.74, 6) is 0.912. The second-order valence-corrected chi connectivity index (χ2v) is 4.22. The van der Waals surface area contributed by atoms with Crippen molar-refractivity contribution >= 4 is 23.9 Å². The van der Waals surface area contributed by atoms with Crippen LogP contribution in [0.1, 0.15) is 12.6 Å². The Hall–Kier alpha value is -2.19. The molecule has 0 fully saturated rings. The van der Waals surface area contributed by atoms with Crippen LogP contribution in [-0.2, 0) is 11.2 Å². The number of aliphatic hydroxyl groups is 1. The maximum absolute atomic E-state index is 8.56. The molecule has 0 saturated carbocycles. The zero-order valence-electron chi connectivity index (χ0n) is 13.2. The van der Waals surface area contributed by atoms with Crippen LogP contribution in [-0.4, -0.2) is 43.1 Å². The number of carbonyl (C=O) groups excluding carboxylic acids is 1. The molecule has 0 spiro atoms. The van der Waals surface area contributed by atoms with Gasteiger partial charge in [0.1, 0.15) is 17.6 Å². The summed E-state index contributed by atoms with van der Waals surface area (Å²) >= 11 is 1.63. The second kappa shape index (κ2) is 15.2. The van der Waals surface area contributed by atoms with Gasteiger partial charge in [-0.05, 0) is 18.6 Å². The summed E-state index contributed by atoms with van der Waals surface area (Å²) in [6.45, 7) is 4.10. The highest BCUT2D eigenvalue weighted by Gasteiger charge is 2.03. The predicted molar refractivity (Wildman–Crippen MR) is 91.3 cm³/mol. The van der Waals surface area contributed by atoms with Crippen molar-refractivity contribution in [2.75, 3.05) is 26.5 Å². The predicted octanol–water partition coefficient (Wildman–Crippen LogP) is 2.62. The molecule has 0 unspecified atom stereocenters. The molecule has 2 aromatic rings. The third kappa shape index (κ3) is 8.18. The number of aryl methyl sites for hydroxylation is 1. The average Bonchev–Trinajstić information content (AvgIpc) is 3.08. The molecular weight excluding hydrogens is 304 g/mol. The minimum atomic E-state index is 0.912. The molecule has 0 atom stereocenters. The highest BCUT2D eigenvalue weighted by atomic mass is 32.1. The largest absolute Gasteiger partial charge is 0.400 e. The summed E-state index contributed by atoms with van der Waals surface area (Å²) in [7, 11) is 4.07. The number of hydrogen-bond donors (Lipinski definition) is 2. The first-order valence-corrected chi connectivity index (χ1v) is 7.16. The van der Waals surface area contributed by atoms with E-state index in [-0.39, 0.29) is 0 Å². The van der Waals surface area contributed by atoms with E-state index in [1.54, 1.807) is 11.3 Å². The summed E-state index contributed by atoms with van der Waals surface area (Å²) in [6, 6.07) is 4.12. The van der Waals surface area contributed by atoms with Crippen LogP contribution in [0.25, 0.3) is 10.6 Å². The van der Waals surface area contributed by atoms with E-state index in [9.17, 15) is 0 Å². The lowest BCUT2D eigenvalue weighted by molar-refractivity contribution is -0.0979. The third-order valence-electron chi connectivity index (χ3n) is 2.19. The number of pyridine rings is 1. The van der Waals surface area contributed by atoms with Gasteiger partial charge in [0.05, 0.1) is 7.05 Å². The molecule has 0 aliphatic heterocycles. The fourth-order valence-corrected chi connectivity index (χ4v) is 2.08. The second-order valence-electron chi connectivity index (χ2n) is 3.36. The summed E-state index contributed by atoms with van der Waals surface area (Å²) < 4.78 is 0. The van der Waals surface area contributed by atoms with Crippen LogP contribution < -0.4 is 5.32 Å². The van der Waals surface area contributed by atoms with Crippen LogP contribution in [0.5, 0.6) is 0 Å². The first-order chi connectivity index (χ1) is 10.7. The Morgan fingerprint density at radius 2 is 1.95 bits per heavy atom. The van der Waals surface area contributed by atoms with Crippen LogP contribution in [0.3, 0.4) is 0 Å². The first kappa shape index (κ1) is 22.1. The Morgan fingerprint density at radius 3 is 2.32 bits per heavy atom. The van der Waals surface area contributed by atoms with E-state index in [1.165, 1.54) is 7.05 Å². The Balaban J connectivity index is 0. The fourth-order valence-electron chi connectivity index (χ4n) is 1.28. The molecule has 0 bridgehead atoms. The molecule has 2 aromatic heterocycles. The SMILES string of the molecule is C=O.CCc1ccc(-c2nc(NC)cs2)cn1.CN=O.CO. The van der Waals surface area contributed by atoms with Crippen molar-refractivity contribution in [3.8, 4) is 10.6 Å². The average molecular weight is 326 g/mol. The van der Waals surface area contributed by atoms with Gasteiger partial charge in [0.25, 0.3) is 0 Å². The highest BCUT2D eigenvalue weighted by Crippen LogP contribution is 2.24. The van der Waals surface area contributed by atoms with Crippen LogP contribution in [0, 0.1) is 4.91 Å². The number of thiazole rings is 1. The summed E-state index contributed by atoms with van der Waals surface area (Å²) in [4.78, 5) is 25.3. The van der Waals surface area contributed by atoms with Crippen molar-refractivity contribution in [1.82, 2.24) is 9.97 Å². The standard InChI is InChI=1S/C11H13N3S.CH3NO.CH4O.CH2O/c1-3-9-5-4-8(6-13-9)11-14-10(12-2)7-15-11;1-2-3;2*1-2/h4-7,12H,3H2,1-2H3;1H3;2H,1H3;1H2. The molecule has 0 aliphatic rings. The molecular formula is C14H22N4O3S. The van der Waals surface area contributed by atoms with Gasteiger partial charge in [-0.15, -0.1) is 11.3 Å². The molecule has 2 N–H and O–H groups in total. The Kier molecular flexibility index (Phi) is 15.3. The number of aromatic nitrogens is 2. The minimum absolute atomic E-state index is 0.912. The van der Waals surface area contributed by atoms with Crippen LogP contribution in [0.2, 0.25) is 0 Å². The third-order valence-corrected chi connectivity index (χ3v) is 3.09. The lowest BCUT2D eigenvalue weighted by Crippen LogP contribution is -1.88. The van der Waals surface area contributed by atoms with Gasteiger partial charge in [0.2, 0.25) is 0 Å². The molecule has 22 heavy (non-hydrogen) atoms. The Labute approximate surface area is 134 Å². The molecule has 0 radical (unpaired) electrons. The topological polar surface area (TPSA) is 105 Å². The quantitative estimate of drug-likeness (QED) is 0.840. The van der Waals surface area contributed by atoms with Crippen LogP contribution >= 0.6 is 11.3 Å². The smallest absolute Gasteiger partial charge is 0.137 e. The zero-order chi connectivity index (χ0) is 17.4. The number of aliphatic hydroxyl groups excluding tert-OH is 1. The monoisotopic (exact) mass is 326 g/mol. The molecule has 0 amide bonds. The van der Waals surface area contributed by atoms with Gasteiger partial charge in [-0.1, -0.05) is 12.1 Å². The van der Waals surface area contributed by atoms with E-state index in [0.29, 0.717) is 0 Å². The number of nitrogens with zero attached hydrogens (tertiary/aromatic N) is 3. The number of rotatable bonds is 3. The minimum Gasteiger partial charge on any atom is -0.400 e. The first-order valence-electron chi connectivity index (χ1n) is 6.28. The molecule has 2 heterocycles. The van der Waals surface area contributed by atoms with Crippen molar-refractivity contribution in [1.29, 1.82) is 0 Å². The van der Waals surface area contributed by atoms with E-state index in [0.717, 1.165) is 35.6 Å². The van der Waals surface area contributed by atoms with Crippen molar-refractivity contribution in [3.63, 3.8) is 0 Å². The van der Waals surface area contributed by atoms with Crippen LogP contribution in [0.15, 0.2) is 28.9 Å². The maximum atomic E-state index is 8.56. The van der Waals surface area contributed by atoms with Gasteiger partial charge in [-0.25, -0.2) is 4.98 Å². The van der Waals surface area contributed by atoms with Gasteiger partial charge in [0.15, 0.2) is 0 Å².